The smallest absolute Gasteiger partial charge is 0.331 e. The molecule has 0 atom stereocenters. The fourth-order valence-corrected chi connectivity index (χ4v) is 2.82. The first-order valence-corrected chi connectivity index (χ1v) is 15.0. The molecular weight excluding hydrogens is 588 g/mol. The molecule has 262 valence electrons. The van der Waals surface area contributed by atoms with Gasteiger partial charge in [-0.1, -0.05) is 6.58 Å². The summed E-state index contributed by atoms with van der Waals surface area (Å²) in [6.07, 6.45) is 1.39. The maximum atomic E-state index is 10.8. The van der Waals surface area contributed by atoms with Gasteiger partial charge < -0.3 is 66.3 Å². The van der Waals surface area contributed by atoms with Crippen LogP contribution in [0, 0.1) is 0 Å². The SMILES string of the molecule is C=COCCOCCOCCOCCOCCOCCOCCOCCOCCOCCOCCOCCOCC(=O)OC. The Balaban J connectivity index is 3.05. The third-order valence-electron chi connectivity index (χ3n) is 5.00. The van der Waals surface area contributed by atoms with Crippen molar-refractivity contribution in [2.45, 2.75) is 0 Å². The quantitative estimate of drug-likeness (QED) is 0.0520. The van der Waals surface area contributed by atoms with Crippen LogP contribution >= 0.6 is 0 Å². The number of ether oxygens (including phenoxy) is 14. The second-order valence-electron chi connectivity index (χ2n) is 8.40. The Morgan fingerprint density at radius 3 is 0.795 bits per heavy atom. The highest BCUT2D eigenvalue weighted by Crippen LogP contribution is 1.88. The van der Waals surface area contributed by atoms with Gasteiger partial charge in [0.15, 0.2) is 0 Å². The van der Waals surface area contributed by atoms with Crippen molar-refractivity contribution in [3.05, 3.63) is 12.8 Å². The highest BCUT2D eigenvalue weighted by Gasteiger charge is 1.99. The van der Waals surface area contributed by atoms with Gasteiger partial charge in [-0.3, -0.25) is 0 Å². The zero-order valence-electron chi connectivity index (χ0n) is 26.6. The van der Waals surface area contributed by atoms with Crippen LogP contribution in [0.15, 0.2) is 12.8 Å². The second kappa shape index (κ2) is 39.6. The van der Waals surface area contributed by atoms with E-state index in [1.807, 2.05) is 0 Å². The minimum absolute atomic E-state index is 0.0715. The van der Waals surface area contributed by atoms with Crippen LogP contribution in [0.3, 0.4) is 0 Å². The molecule has 0 rings (SSSR count). The second-order valence-corrected chi connectivity index (χ2v) is 8.40. The number of rotatable bonds is 39. The lowest BCUT2D eigenvalue weighted by Gasteiger charge is -2.09. The Morgan fingerprint density at radius 2 is 0.591 bits per heavy atom. The molecule has 0 saturated heterocycles. The van der Waals surface area contributed by atoms with Crippen molar-refractivity contribution in [1.82, 2.24) is 0 Å². The molecule has 0 fully saturated rings. The summed E-state index contributed by atoms with van der Waals surface area (Å²) in [5.41, 5.74) is 0. The van der Waals surface area contributed by atoms with Crippen molar-refractivity contribution < 1.29 is 71.1 Å². The van der Waals surface area contributed by atoms with Crippen LogP contribution in [0.4, 0.5) is 0 Å². The molecule has 0 radical (unpaired) electrons. The topological polar surface area (TPSA) is 146 Å². The Hall–Kier alpha value is -1.47. The summed E-state index contributed by atoms with van der Waals surface area (Å²) in [7, 11) is 1.31. The first kappa shape index (κ1) is 42.5. The van der Waals surface area contributed by atoms with E-state index >= 15 is 0 Å². The summed E-state index contributed by atoms with van der Waals surface area (Å²) in [5.74, 6) is -0.409. The van der Waals surface area contributed by atoms with Crippen LogP contribution in [0.5, 0.6) is 0 Å². The van der Waals surface area contributed by atoms with Gasteiger partial charge in [-0.25, -0.2) is 4.79 Å². The first-order chi connectivity index (χ1) is 21.8. The molecule has 0 aromatic carbocycles. The Morgan fingerprint density at radius 1 is 0.386 bits per heavy atom. The summed E-state index contributed by atoms with van der Waals surface area (Å²) in [4.78, 5) is 10.8. The molecule has 44 heavy (non-hydrogen) atoms. The largest absolute Gasteiger partial charge is 0.499 e. The van der Waals surface area contributed by atoms with E-state index < -0.39 is 5.97 Å². The van der Waals surface area contributed by atoms with E-state index in [0.29, 0.717) is 159 Å². The molecule has 0 unspecified atom stereocenters. The summed E-state index contributed by atoms with van der Waals surface area (Å²) in [6.45, 7) is 15.0. The van der Waals surface area contributed by atoms with Crippen LogP contribution in [-0.4, -0.2) is 178 Å². The van der Waals surface area contributed by atoms with Crippen molar-refractivity contribution in [2.24, 2.45) is 0 Å². The lowest BCUT2D eigenvalue weighted by molar-refractivity contribution is -0.146. The average molecular weight is 645 g/mol. The third-order valence-corrected chi connectivity index (χ3v) is 5.00. The predicted molar refractivity (Wildman–Crippen MR) is 158 cm³/mol. The fraction of sp³-hybridized carbons (Fsp3) is 0.897. The van der Waals surface area contributed by atoms with Gasteiger partial charge in [0, 0.05) is 0 Å². The van der Waals surface area contributed by atoms with E-state index in [1.54, 1.807) is 0 Å². The highest BCUT2D eigenvalue weighted by molar-refractivity contribution is 5.70. The van der Waals surface area contributed by atoms with Crippen LogP contribution < -0.4 is 0 Å². The Kier molecular flexibility index (Phi) is 38.2. The number of hydrogen-bond donors (Lipinski definition) is 0. The molecule has 15 heteroatoms. The molecular formula is C29H56O15. The van der Waals surface area contributed by atoms with Crippen molar-refractivity contribution in [3.63, 3.8) is 0 Å². The number of esters is 1. The number of methoxy groups -OCH3 is 1. The van der Waals surface area contributed by atoms with Crippen LogP contribution in [0.1, 0.15) is 0 Å². The molecule has 0 heterocycles. The standard InChI is InChI=1S/C29H56O15/c1-3-32-4-5-33-6-7-34-8-9-35-10-11-36-12-13-37-14-15-38-16-17-39-18-19-40-20-21-41-22-23-42-24-25-43-26-27-44-28-29(30)31-2/h3H,1,4-28H2,2H3. The predicted octanol–water partition coefficient (Wildman–Crippen LogP) is 0.519. The fourth-order valence-electron chi connectivity index (χ4n) is 2.82. The molecule has 0 amide bonds. The maximum Gasteiger partial charge on any atom is 0.331 e. The zero-order valence-corrected chi connectivity index (χ0v) is 26.6. The van der Waals surface area contributed by atoms with Gasteiger partial charge in [-0.15, -0.1) is 0 Å². The van der Waals surface area contributed by atoms with Crippen LogP contribution in [-0.2, 0) is 71.1 Å². The molecule has 0 spiro atoms. The van der Waals surface area contributed by atoms with Crippen LogP contribution in [0.2, 0.25) is 0 Å². The van der Waals surface area contributed by atoms with Gasteiger partial charge in [0.25, 0.3) is 0 Å². The highest BCUT2D eigenvalue weighted by atomic mass is 16.6. The summed E-state index contributed by atoms with van der Waals surface area (Å²) < 4.78 is 74.0. The lowest BCUT2D eigenvalue weighted by atomic mass is 10.6. The number of hydrogen-bond acceptors (Lipinski definition) is 15. The summed E-state index contributed by atoms with van der Waals surface area (Å²) in [6, 6.07) is 0. The average Bonchev–Trinajstić information content (AvgIpc) is 3.04. The van der Waals surface area contributed by atoms with E-state index in [1.165, 1.54) is 13.4 Å². The Labute approximate surface area is 262 Å². The minimum Gasteiger partial charge on any atom is -0.499 e. The zero-order chi connectivity index (χ0) is 31.9. The van der Waals surface area contributed by atoms with E-state index in [2.05, 4.69) is 11.3 Å². The van der Waals surface area contributed by atoms with E-state index in [-0.39, 0.29) is 6.61 Å². The third kappa shape index (κ3) is 38.6. The molecule has 0 saturated carbocycles. The molecule has 15 nitrogen and oxygen atoms in total. The first-order valence-electron chi connectivity index (χ1n) is 15.0. The van der Waals surface area contributed by atoms with Crippen LogP contribution in [0.25, 0.3) is 0 Å². The van der Waals surface area contributed by atoms with Gasteiger partial charge in [0.05, 0.1) is 165 Å². The van der Waals surface area contributed by atoms with Crippen molar-refractivity contribution in [2.75, 3.05) is 172 Å². The number of carbonyl (C=O) groups excluding carboxylic acids is 1. The minimum atomic E-state index is -0.409. The molecule has 0 N–H and O–H groups in total. The van der Waals surface area contributed by atoms with Gasteiger partial charge in [0.1, 0.15) is 13.2 Å². The monoisotopic (exact) mass is 644 g/mol. The van der Waals surface area contributed by atoms with Gasteiger partial charge >= 0.3 is 5.97 Å². The maximum absolute atomic E-state index is 10.8. The lowest BCUT2D eigenvalue weighted by Crippen LogP contribution is -2.16. The molecule has 0 aromatic rings. The molecule has 0 aliphatic carbocycles. The van der Waals surface area contributed by atoms with Gasteiger partial charge in [-0.05, 0) is 0 Å². The molecule has 0 aromatic heterocycles. The van der Waals surface area contributed by atoms with Gasteiger partial charge in [-0.2, -0.15) is 0 Å². The van der Waals surface area contributed by atoms with E-state index in [9.17, 15) is 4.79 Å². The Bertz CT molecular complexity index is 571. The van der Waals surface area contributed by atoms with Crippen molar-refractivity contribution >= 4 is 5.97 Å². The van der Waals surface area contributed by atoms with E-state index in [0.717, 1.165) is 0 Å². The van der Waals surface area contributed by atoms with Gasteiger partial charge in [0.2, 0.25) is 0 Å². The number of carbonyl (C=O) groups is 1. The normalized spacial score (nSPS) is 11.2. The van der Waals surface area contributed by atoms with Crippen molar-refractivity contribution in [1.29, 1.82) is 0 Å². The summed E-state index contributed by atoms with van der Waals surface area (Å²) in [5, 5.41) is 0. The van der Waals surface area contributed by atoms with Crippen molar-refractivity contribution in [3.8, 4) is 0 Å². The van der Waals surface area contributed by atoms with E-state index in [4.69, 9.17) is 61.6 Å². The molecule has 0 aliphatic rings. The summed E-state index contributed by atoms with van der Waals surface area (Å²) >= 11 is 0. The molecule has 0 bridgehead atoms. The molecule has 0 aliphatic heterocycles.